The van der Waals surface area contributed by atoms with Crippen LogP contribution in [0.3, 0.4) is 0 Å². The lowest BCUT2D eigenvalue weighted by Gasteiger charge is -2.39. The fourth-order valence-corrected chi connectivity index (χ4v) is 4.74. The van der Waals surface area contributed by atoms with Crippen LogP contribution in [0.5, 0.6) is 0 Å². The normalized spacial score (nSPS) is 23.5. The second-order valence-electron chi connectivity index (χ2n) is 6.08. The fourth-order valence-electron chi connectivity index (χ4n) is 3.38. The molecule has 20 heavy (non-hydrogen) atoms. The van der Waals surface area contributed by atoms with Crippen LogP contribution in [0.25, 0.3) is 0 Å². The van der Waals surface area contributed by atoms with E-state index < -0.39 is 16.2 Å². The lowest BCUT2D eigenvalue weighted by molar-refractivity contribution is -0.137. The molecule has 0 bridgehead atoms. The van der Waals surface area contributed by atoms with Gasteiger partial charge in [0, 0.05) is 26.7 Å². The molecular weight excluding hydrogens is 280 g/mol. The molecule has 1 saturated carbocycles. The fraction of sp³-hybridized carbons (Fsp3) is 0.923. The molecule has 0 radical (unpaired) electrons. The summed E-state index contributed by atoms with van der Waals surface area (Å²) in [5, 5.41) is 8.64. The third-order valence-corrected chi connectivity index (χ3v) is 6.80. The number of hydrogen-bond donors (Lipinski definition) is 1. The molecule has 0 aromatic carbocycles. The van der Waals surface area contributed by atoms with Gasteiger partial charge in [-0.25, -0.2) is 0 Å². The second kappa shape index (κ2) is 5.99. The Bertz CT molecular complexity index is 447. The minimum Gasteiger partial charge on any atom is -0.481 e. The summed E-state index contributed by atoms with van der Waals surface area (Å²) in [6.07, 6.45) is 6.73. The lowest BCUT2D eigenvalue weighted by atomic mass is 9.78. The number of hydrogen-bond acceptors (Lipinski definition) is 3. The van der Waals surface area contributed by atoms with E-state index in [1.54, 1.807) is 0 Å². The maximum Gasteiger partial charge on any atom is 0.304 e. The molecule has 2 aliphatic rings. The zero-order valence-electron chi connectivity index (χ0n) is 12.0. The molecule has 0 aromatic rings. The monoisotopic (exact) mass is 304 g/mol. The summed E-state index contributed by atoms with van der Waals surface area (Å²) in [7, 11) is -2.04. The Morgan fingerprint density at radius 1 is 1.20 bits per heavy atom. The summed E-state index contributed by atoms with van der Waals surface area (Å²) >= 11 is 0. The second-order valence-corrected chi connectivity index (χ2v) is 8.11. The Kier molecular flexibility index (Phi) is 4.71. The highest BCUT2D eigenvalue weighted by Gasteiger charge is 2.40. The van der Waals surface area contributed by atoms with Crippen LogP contribution in [0, 0.1) is 5.41 Å². The van der Waals surface area contributed by atoms with Crippen molar-refractivity contribution in [1.29, 1.82) is 0 Å². The first-order valence-electron chi connectivity index (χ1n) is 7.29. The quantitative estimate of drug-likeness (QED) is 0.830. The van der Waals surface area contributed by atoms with Gasteiger partial charge in [0.05, 0.1) is 6.42 Å². The molecule has 0 amide bonds. The van der Waals surface area contributed by atoms with Crippen molar-refractivity contribution in [3.05, 3.63) is 0 Å². The van der Waals surface area contributed by atoms with Gasteiger partial charge in [0.1, 0.15) is 0 Å². The summed E-state index contributed by atoms with van der Waals surface area (Å²) < 4.78 is 27.4. The first-order chi connectivity index (χ1) is 9.36. The molecule has 1 saturated heterocycles. The summed E-state index contributed by atoms with van der Waals surface area (Å²) in [6.45, 7) is 1.17. The van der Waals surface area contributed by atoms with E-state index in [2.05, 4.69) is 0 Å². The van der Waals surface area contributed by atoms with E-state index in [-0.39, 0.29) is 13.0 Å². The number of carboxylic acids is 1. The summed E-state index contributed by atoms with van der Waals surface area (Å²) in [6, 6.07) is 0. The molecule has 0 unspecified atom stereocenters. The van der Waals surface area contributed by atoms with Gasteiger partial charge in [0.2, 0.25) is 0 Å². The van der Waals surface area contributed by atoms with Crippen molar-refractivity contribution in [1.82, 2.24) is 8.61 Å². The van der Waals surface area contributed by atoms with Crippen LogP contribution in [-0.2, 0) is 15.0 Å². The molecule has 1 heterocycles. The topological polar surface area (TPSA) is 77.9 Å². The number of carboxylic acid groups (broad SMARTS) is 1. The first-order valence-corrected chi connectivity index (χ1v) is 8.69. The summed E-state index contributed by atoms with van der Waals surface area (Å²) in [4.78, 5) is 10.5. The van der Waals surface area contributed by atoms with E-state index >= 15 is 0 Å². The van der Waals surface area contributed by atoms with E-state index in [0.717, 1.165) is 17.1 Å². The Labute approximate surface area is 120 Å². The van der Waals surface area contributed by atoms with Crippen molar-refractivity contribution in [3.8, 4) is 0 Å². The highest BCUT2D eigenvalue weighted by Crippen LogP contribution is 2.46. The molecule has 0 atom stereocenters. The van der Waals surface area contributed by atoms with E-state index in [4.69, 9.17) is 5.11 Å². The van der Waals surface area contributed by atoms with Gasteiger partial charge in [-0.15, -0.1) is 0 Å². The number of rotatable bonds is 5. The minimum atomic E-state index is -3.50. The number of piperidine rings is 1. The number of carbonyl (C=O) groups is 1. The number of nitrogens with zero attached hydrogens (tertiary/aromatic N) is 2. The maximum atomic E-state index is 12.4. The standard InChI is InChI=1S/C13H24N2O4S/c1-14(9-4-12(16)17)20(18,19)15-10-7-13(8-11-15)5-2-3-6-13/h2-11H2,1H3,(H,16,17). The van der Waals surface area contributed by atoms with Gasteiger partial charge in [0.25, 0.3) is 10.2 Å². The van der Waals surface area contributed by atoms with Crippen molar-refractivity contribution in [2.45, 2.75) is 44.9 Å². The van der Waals surface area contributed by atoms with Gasteiger partial charge >= 0.3 is 5.97 Å². The van der Waals surface area contributed by atoms with Crippen LogP contribution in [0.2, 0.25) is 0 Å². The van der Waals surface area contributed by atoms with Crippen LogP contribution in [0.4, 0.5) is 0 Å². The summed E-state index contributed by atoms with van der Waals surface area (Å²) in [5.74, 6) is -0.976. The van der Waals surface area contributed by atoms with Crippen LogP contribution in [0.15, 0.2) is 0 Å². The molecule has 1 aliphatic heterocycles. The Hall–Kier alpha value is -0.660. The van der Waals surface area contributed by atoms with Crippen molar-refractivity contribution >= 4 is 16.2 Å². The predicted molar refractivity (Wildman–Crippen MR) is 75.5 cm³/mol. The minimum absolute atomic E-state index is 0.0271. The van der Waals surface area contributed by atoms with Crippen molar-refractivity contribution in [3.63, 3.8) is 0 Å². The van der Waals surface area contributed by atoms with Crippen LogP contribution in [-0.4, -0.2) is 54.8 Å². The van der Waals surface area contributed by atoms with Gasteiger partial charge in [-0.3, -0.25) is 4.79 Å². The van der Waals surface area contributed by atoms with Crippen molar-refractivity contribution in [2.75, 3.05) is 26.7 Å². The Morgan fingerprint density at radius 2 is 1.75 bits per heavy atom. The van der Waals surface area contributed by atoms with Gasteiger partial charge in [-0.05, 0) is 31.1 Å². The predicted octanol–water partition coefficient (Wildman–Crippen LogP) is 1.29. The van der Waals surface area contributed by atoms with E-state index in [1.807, 2.05) is 0 Å². The van der Waals surface area contributed by atoms with Crippen molar-refractivity contribution < 1.29 is 18.3 Å². The average molecular weight is 304 g/mol. The van der Waals surface area contributed by atoms with Crippen molar-refractivity contribution in [2.24, 2.45) is 5.41 Å². The molecule has 6 nitrogen and oxygen atoms in total. The molecule has 0 aromatic heterocycles. The molecule has 2 fully saturated rings. The van der Waals surface area contributed by atoms with E-state index in [1.165, 1.54) is 37.0 Å². The molecule has 1 N–H and O–H groups in total. The molecule has 1 aliphatic carbocycles. The van der Waals surface area contributed by atoms with Gasteiger partial charge in [-0.2, -0.15) is 17.0 Å². The Morgan fingerprint density at radius 3 is 2.25 bits per heavy atom. The molecule has 7 heteroatoms. The largest absolute Gasteiger partial charge is 0.481 e. The maximum absolute atomic E-state index is 12.4. The van der Waals surface area contributed by atoms with Gasteiger partial charge in [-0.1, -0.05) is 12.8 Å². The highest BCUT2D eigenvalue weighted by molar-refractivity contribution is 7.86. The van der Waals surface area contributed by atoms with E-state index in [0.29, 0.717) is 18.5 Å². The number of aliphatic carboxylic acids is 1. The smallest absolute Gasteiger partial charge is 0.304 e. The van der Waals surface area contributed by atoms with E-state index in [9.17, 15) is 13.2 Å². The molecule has 1 spiro atoms. The molecular formula is C13H24N2O4S. The SMILES string of the molecule is CN(CCC(=O)O)S(=O)(=O)N1CCC2(CCCC2)CC1. The molecule has 2 rings (SSSR count). The summed E-state index contributed by atoms with van der Waals surface area (Å²) in [5.41, 5.74) is 0.381. The van der Waals surface area contributed by atoms with Crippen LogP contribution in [0.1, 0.15) is 44.9 Å². The first kappa shape index (κ1) is 15.7. The third kappa shape index (κ3) is 3.32. The van der Waals surface area contributed by atoms with Gasteiger partial charge < -0.3 is 5.11 Å². The average Bonchev–Trinajstić information content (AvgIpc) is 2.84. The lowest BCUT2D eigenvalue weighted by Crippen LogP contribution is -2.48. The zero-order chi connectivity index (χ0) is 14.8. The van der Waals surface area contributed by atoms with Crippen LogP contribution >= 0.6 is 0 Å². The molecule has 116 valence electrons. The van der Waals surface area contributed by atoms with Gasteiger partial charge in [0.15, 0.2) is 0 Å². The third-order valence-electron chi connectivity index (χ3n) is 4.81. The highest BCUT2D eigenvalue weighted by atomic mass is 32.2. The Balaban J connectivity index is 1.92. The zero-order valence-corrected chi connectivity index (χ0v) is 12.9. The van der Waals surface area contributed by atoms with Crippen LogP contribution < -0.4 is 0 Å².